The van der Waals surface area contributed by atoms with Crippen molar-refractivity contribution in [2.75, 3.05) is 32.8 Å². The number of aliphatic hydroxyl groups is 1. The Hall–Kier alpha value is -2.05. The molecular formula is C28H39N3O2. The molecule has 0 radical (unpaired) electrons. The number of piperidine rings is 1. The number of ketones is 1. The highest BCUT2D eigenvalue weighted by Gasteiger charge is 2.29. The van der Waals surface area contributed by atoms with Crippen LogP contribution in [0, 0.1) is 0 Å². The van der Waals surface area contributed by atoms with E-state index in [1.54, 1.807) is 0 Å². The monoisotopic (exact) mass is 449 g/mol. The molecule has 2 atom stereocenters. The number of Topliss-reactive ketones (excluding diaryl/α,β-unsaturated/α-hetero) is 1. The minimum Gasteiger partial charge on any atom is -0.388 e. The SMILES string of the molecule is C[C@@H]1CN(Cc2ccc(C(=O)CO)cc2)C[C@H](C)N1Cc1cccc(CN2CCCCC2)c1. The highest BCUT2D eigenvalue weighted by atomic mass is 16.3. The van der Waals surface area contributed by atoms with E-state index >= 15 is 0 Å². The number of rotatable bonds is 8. The molecule has 4 rings (SSSR count). The van der Waals surface area contributed by atoms with E-state index in [4.69, 9.17) is 5.11 Å². The molecule has 2 heterocycles. The first-order valence-corrected chi connectivity index (χ1v) is 12.5. The number of piperazine rings is 1. The fourth-order valence-electron chi connectivity index (χ4n) is 5.47. The highest BCUT2D eigenvalue weighted by molar-refractivity contribution is 5.96. The van der Waals surface area contributed by atoms with Crippen molar-refractivity contribution >= 4 is 5.78 Å². The molecule has 0 saturated carbocycles. The maximum Gasteiger partial charge on any atom is 0.188 e. The van der Waals surface area contributed by atoms with Gasteiger partial charge in [-0.15, -0.1) is 0 Å². The molecule has 0 unspecified atom stereocenters. The lowest BCUT2D eigenvalue weighted by Gasteiger charge is -2.44. The second kappa shape index (κ2) is 11.4. The van der Waals surface area contributed by atoms with Crippen LogP contribution in [0.4, 0.5) is 0 Å². The van der Waals surface area contributed by atoms with E-state index in [2.05, 4.69) is 52.8 Å². The van der Waals surface area contributed by atoms with E-state index in [9.17, 15) is 4.79 Å². The summed E-state index contributed by atoms with van der Waals surface area (Å²) in [6, 6.07) is 17.8. The van der Waals surface area contributed by atoms with Gasteiger partial charge in [-0.05, 0) is 56.5 Å². The Morgan fingerprint density at radius 3 is 2.06 bits per heavy atom. The molecule has 0 aliphatic carbocycles. The molecular weight excluding hydrogens is 410 g/mol. The molecule has 2 aromatic carbocycles. The summed E-state index contributed by atoms with van der Waals surface area (Å²) in [5.74, 6) is -0.225. The molecule has 178 valence electrons. The lowest BCUT2D eigenvalue weighted by molar-refractivity contribution is 0.0290. The fraction of sp³-hybridized carbons (Fsp3) is 0.536. The van der Waals surface area contributed by atoms with Crippen molar-refractivity contribution in [2.45, 2.75) is 64.8 Å². The van der Waals surface area contributed by atoms with Gasteiger partial charge < -0.3 is 5.11 Å². The number of carbonyl (C=O) groups excluding carboxylic acids is 1. The smallest absolute Gasteiger partial charge is 0.188 e. The van der Waals surface area contributed by atoms with Crippen LogP contribution in [0.5, 0.6) is 0 Å². The standard InChI is InChI=1S/C28H39N3O2/c1-22-16-30(18-24-9-11-27(12-10-24)28(33)21-32)17-23(2)31(22)20-26-8-6-7-25(15-26)19-29-13-4-3-5-14-29/h6-12,15,22-23,32H,3-5,13-14,16-21H2,1-2H3/t22-,23+. The summed E-state index contributed by atoms with van der Waals surface area (Å²) < 4.78 is 0. The van der Waals surface area contributed by atoms with Crippen LogP contribution < -0.4 is 0 Å². The molecule has 2 aliphatic rings. The molecule has 2 aliphatic heterocycles. The highest BCUT2D eigenvalue weighted by Crippen LogP contribution is 2.22. The third-order valence-corrected chi connectivity index (χ3v) is 7.21. The Kier molecular flexibility index (Phi) is 8.31. The zero-order valence-electron chi connectivity index (χ0n) is 20.2. The van der Waals surface area contributed by atoms with E-state index in [-0.39, 0.29) is 5.78 Å². The van der Waals surface area contributed by atoms with Gasteiger partial charge in [0.05, 0.1) is 0 Å². The van der Waals surface area contributed by atoms with Gasteiger partial charge in [-0.3, -0.25) is 19.5 Å². The topological polar surface area (TPSA) is 47.0 Å². The lowest BCUT2D eigenvalue weighted by atomic mass is 10.0. The van der Waals surface area contributed by atoms with Crippen LogP contribution in [0.2, 0.25) is 0 Å². The molecule has 5 heteroatoms. The third-order valence-electron chi connectivity index (χ3n) is 7.21. The van der Waals surface area contributed by atoms with Gasteiger partial charge in [-0.25, -0.2) is 0 Å². The van der Waals surface area contributed by atoms with Crippen LogP contribution in [0.15, 0.2) is 48.5 Å². The van der Waals surface area contributed by atoms with Crippen molar-refractivity contribution < 1.29 is 9.90 Å². The molecule has 2 saturated heterocycles. The number of hydrogen-bond donors (Lipinski definition) is 1. The molecule has 5 nitrogen and oxygen atoms in total. The van der Waals surface area contributed by atoms with Crippen molar-refractivity contribution in [3.8, 4) is 0 Å². The molecule has 33 heavy (non-hydrogen) atoms. The van der Waals surface area contributed by atoms with Crippen molar-refractivity contribution in [2.24, 2.45) is 0 Å². The first-order chi connectivity index (χ1) is 16.0. The number of carbonyl (C=O) groups is 1. The maximum atomic E-state index is 11.6. The number of likely N-dealkylation sites (tertiary alicyclic amines) is 1. The summed E-state index contributed by atoms with van der Waals surface area (Å²) in [6.07, 6.45) is 4.06. The number of benzene rings is 2. The average Bonchev–Trinajstić information content (AvgIpc) is 2.82. The van der Waals surface area contributed by atoms with Crippen LogP contribution in [0.1, 0.15) is 60.2 Å². The average molecular weight is 450 g/mol. The number of aliphatic hydroxyl groups excluding tert-OH is 1. The second-order valence-electron chi connectivity index (χ2n) is 10.00. The van der Waals surface area contributed by atoms with Gasteiger partial charge >= 0.3 is 0 Å². The van der Waals surface area contributed by atoms with Crippen LogP contribution in [0.3, 0.4) is 0 Å². The van der Waals surface area contributed by atoms with Crippen molar-refractivity contribution in [1.82, 2.24) is 14.7 Å². The van der Waals surface area contributed by atoms with Gasteiger partial charge in [0.2, 0.25) is 0 Å². The van der Waals surface area contributed by atoms with E-state index < -0.39 is 6.61 Å². The van der Waals surface area contributed by atoms with Crippen molar-refractivity contribution in [3.63, 3.8) is 0 Å². The molecule has 0 aromatic heterocycles. The summed E-state index contributed by atoms with van der Waals surface area (Å²) in [4.78, 5) is 19.4. The van der Waals surface area contributed by atoms with Crippen LogP contribution in [-0.4, -0.2) is 70.5 Å². The Morgan fingerprint density at radius 2 is 1.42 bits per heavy atom. The van der Waals surface area contributed by atoms with E-state index in [0.29, 0.717) is 17.6 Å². The predicted octanol–water partition coefficient (Wildman–Crippen LogP) is 3.94. The van der Waals surface area contributed by atoms with Crippen LogP contribution in [0.25, 0.3) is 0 Å². The molecule has 0 amide bonds. The first kappa shape index (κ1) is 24.1. The largest absolute Gasteiger partial charge is 0.388 e. The van der Waals surface area contributed by atoms with Gasteiger partial charge in [0, 0.05) is 50.4 Å². The fourth-order valence-corrected chi connectivity index (χ4v) is 5.47. The van der Waals surface area contributed by atoms with Crippen molar-refractivity contribution in [1.29, 1.82) is 0 Å². The van der Waals surface area contributed by atoms with Gasteiger partial charge in [-0.2, -0.15) is 0 Å². The molecule has 2 aromatic rings. The zero-order chi connectivity index (χ0) is 23.2. The molecule has 1 N–H and O–H groups in total. The third kappa shape index (κ3) is 6.51. The molecule has 2 fully saturated rings. The zero-order valence-corrected chi connectivity index (χ0v) is 20.2. The van der Waals surface area contributed by atoms with Gasteiger partial charge in [0.1, 0.15) is 6.61 Å². The molecule has 0 bridgehead atoms. The normalized spacial score (nSPS) is 23.0. The summed E-state index contributed by atoms with van der Waals surface area (Å²) in [5, 5.41) is 9.03. The van der Waals surface area contributed by atoms with Gasteiger partial charge in [-0.1, -0.05) is 55.0 Å². The Morgan fingerprint density at radius 1 is 0.818 bits per heavy atom. The Labute approximate surface area is 199 Å². The van der Waals surface area contributed by atoms with E-state index in [1.165, 1.54) is 49.0 Å². The Balaban J connectivity index is 1.32. The number of hydrogen-bond acceptors (Lipinski definition) is 5. The summed E-state index contributed by atoms with van der Waals surface area (Å²) in [5.41, 5.74) is 4.65. The van der Waals surface area contributed by atoms with E-state index in [0.717, 1.165) is 32.7 Å². The minimum absolute atomic E-state index is 0.225. The van der Waals surface area contributed by atoms with E-state index in [1.807, 2.05) is 24.3 Å². The quantitative estimate of drug-likeness (QED) is 0.619. The Bertz CT molecular complexity index is 896. The minimum atomic E-state index is -0.433. The maximum absolute atomic E-state index is 11.6. The summed E-state index contributed by atoms with van der Waals surface area (Å²) in [7, 11) is 0. The number of nitrogens with zero attached hydrogens (tertiary/aromatic N) is 3. The van der Waals surface area contributed by atoms with Gasteiger partial charge in [0.15, 0.2) is 5.78 Å². The van der Waals surface area contributed by atoms with Gasteiger partial charge in [0.25, 0.3) is 0 Å². The van der Waals surface area contributed by atoms with Crippen LogP contribution in [-0.2, 0) is 19.6 Å². The molecule has 0 spiro atoms. The summed E-state index contributed by atoms with van der Waals surface area (Å²) >= 11 is 0. The lowest BCUT2D eigenvalue weighted by Crippen LogP contribution is -2.55. The van der Waals surface area contributed by atoms with Crippen LogP contribution >= 0.6 is 0 Å². The van der Waals surface area contributed by atoms with Crippen molar-refractivity contribution in [3.05, 3.63) is 70.8 Å². The predicted molar refractivity (Wildman–Crippen MR) is 133 cm³/mol. The summed E-state index contributed by atoms with van der Waals surface area (Å²) in [6.45, 7) is 11.8. The first-order valence-electron chi connectivity index (χ1n) is 12.5. The second-order valence-corrected chi connectivity index (χ2v) is 10.00.